The minimum absolute atomic E-state index is 0.0154. The van der Waals surface area contributed by atoms with E-state index in [-0.39, 0.29) is 11.0 Å². The van der Waals surface area contributed by atoms with Gasteiger partial charge in [-0.05, 0) is 53.4 Å². The second kappa shape index (κ2) is 6.10. The summed E-state index contributed by atoms with van der Waals surface area (Å²) in [4.78, 5) is 11.7. The van der Waals surface area contributed by atoms with E-state index in [1.165, 1.54) is 5.56 Å². The Hall–Kier alpha value is -2.64. The third-order valence-corrected chi connectivity index (χ3v) is 4.35. The zero-order valence-corrected chi connectivity index (χ0v) is 14.3. The molecule has 24 heavy (non-hydrogen) atoms. The lowest BCUT2D eigenvalue weighted by atomic mass is 9.78. The summed E-state index contributed by atoms with van der Waals surface area (Å²) in [5.74, 6) is 5.30. The number of benzene rings is 2. The Morgan fingerprint density at radius 2 is 1.75 bits per heavy atom. The predicted octanol–water partition coefficient (Wildman–Crippen LogP) is 4.21. The van der Waals surface area contributed by atoms with Gasteiger partial charge in [-0.2, -0.15) is 0 Å². The smallest absolute Gasteiger partial charge is 0.335 e. The standard InChI is InChI=1S/C20H17NO2S/c1-20(2)12-18(24)21-17-10-7-14(11-16(17)20)4-3-13-5-8-15(9-6-13)19(22)23/h5-11H,12H2,1-2H3,(H,21,24)(H,22,23). The van der Waals surface area contributed by atoms with Crippen LogP contribution in [0.25, 0.3) is 0 Å². The number of hydrogen-bond acceptors (Lipinski definition) is 2. The molecule has 0 bridgehead atoms. The van der Waals surface area contributed by atoms with E-state index in [0.717, 1.165) is 28.2 Å². The van der Waals surface area contributed by atoms with Crippen LogP contribution in [-0.2, 0) is 5.41 Å². The predicted molar refractivity (Wildman–Crippen MR) is 99.7 cm³/mol. The van der Waals surface area contributed by atoms with Crippen LogP contribution in [0, 0.1) is 11.8 Å². The van der Waals surface area contributed by atoms with Crippen LogP contribution in [0.4, 0.5) is 5.69 Å². The van der Waals surface area contributed by atoms with Crippen molar-refractivity contribution in [2.45, 2.75) is 25.7 Å². The van der Waals surface area contributed by atoms with Crippen LogP contribution in [0.15, 0.2) is 42.5 Å². The largest absolute Gasteiger partial charge is 0.478 e. The second-order valence-electron chi connectivity index (χ2n) is 6.50. The molecule has 0 aromatic heterocycles. The van der Waals surface area contributed by atoms with Gasteiger partial charge in [0.15, 0.2) is 0 Å². The Morgan fingerprint density at radius 1 is 1.12 bits per heavy atom. The molecule has 3 nitrogen and oxygen atoms in total. The summed E-state index contributed by atoms with van der Waals surface area (Å²) in [6, 6.07) is 12.6. The second-order valence-corrected chi connectivity index (χ2v) is 6.99. The SMILES string of the molecule is CC1(C)CC(=S)Nc2ccc(C#Cc3ccc(C(=O)O)cc3)cc21. The van der Waals surface area contributed by atoms with E-state index in [0.29, 0.717) is 0 Å². The monoisotopic (exact) mass is 335 g/mol. The first-order valence-corrected chi connectivity index (χ1v) is 8.06. The number of carboxylic acids is 1. The zero-order valence-electron chi connectivity index (χ0n) is 13.5. The van der Waals surface area contributed by atoms with Crippen molar-refractivity contribution in [3.63, 3.8) is 0 Å². The summed E-state index contributed by atoms with van der Waals surface area (Å²) in [5, 5.41) is 12.2. The maximum atomic E-state index is 10.9. The fourth-order valence-electron chi connectivity index (χ4n) is 2.82. The van der Waals surface area contributed by atoms with Gasteiger partial charge < -0.3 is 10.4 Å². The number of thiocarbonyl (C=S) groups is 1. The average Bonchev–Trinajstić information content (AvgIpc) is 2.52. The Labute approximate surface area is 146 Å². The van der Waals surface area contributed by atoms with Gasteiger partial charge in [0.1, 0.15) is 0 Å². The number of rotatable bonds is 1. The van der Waals surface area contributed by atoms with Gasteiger partial charge in [-0.15, -0.1) is 0 Å². The molecule has 120 valence electrons. The Balaban J connectivity index is 1.90. The highest BCUT2D eigenvalue weighted by Crippen LogP contribution is 2.37. The molecule has 4 heteroatoms. The molecule has 3 rings (SSSR count). The fourth-order valence-corrected chi connectivity index (χ4v) is 3.29. The van der Waals surface area contributed by atoms with Crippen molar-refractivity contribution in [1.29, 1.82) is 0 Å². The van der Waals surface area contributed by atoms with Gasteiger partial charge in [-0.25, -0.2) is 4.79 Å². The normalized spacial score (nSPS) is 14.8. The molecular formula is C20H17NO2S. The van der Waals surface area contributed by atoms with Gasteiger partial charge in [0.05, 0.1) is 10.6 Å². The molecule has 0 atom stereocenters. The molecular weight excluding hydrogens is 318 g/mol. The third kappa shape index (κ3) is 3.32. The number of hydrogen-bond donors (Lipinski definition) is 2. The molecule has 0 saturated heterocycles. The van der Waals surface area contributed by atoms with E-state index < -0.39 is 5.97 Å². The minimum atomic E-state index is -0.933. The third-order valence-electron chi connectivity index (χ3n) is 4.11. The molecule has 0 fully saturated rings. The highest BCUT2D eigenvalue weighted by molar-refractivity contribution is 7.80. The zero-order chi connectivity index (χ0) is 17.3. The van der Waals surface area contributed by atoms with Crippen molar-refractivity contribution in [2.75, 3.05) is 5.32 Å². The lowest BCUT2D eigenvalue weighted by molar-refractivity contribution is 0.0697. The molecule has 0 saturated carbocycles. The van der Waals surface area contributed by atoms with E-state index in [9.17, 15) is 4.79 Å². The molecule has 0 aliphatic carbocycles. The average molecular weight is 335 g/mol. The highest BCUT2D eigenvalue weighted by Gasteiger charge is 2.29. The number of carboxylic acid groups (broad SMARTS) is 1. The maximum Gasteiger partial charge on any atom is 0.335 e. The molecule has 0 amide bonds. The number of anilines is 1. The summed E-state index contributed by atoms with van der Waals surface area (Å²) in [6.07, 6.45) is 0.822. The van der Waals surface area contributed by atoms with E-state index in [4.69, 9.17) is 17.3 Å². The van der Waals surface area contributed by atoms with Gasteiger partial charge in [-0.3, -0.25) is 0 Å². The summed E-state index contributed by atoms with van der Waals surface area (Å²) < 4.78 is 0. The van der Waals surface area contributed by atoms with Crippen molar-refractivity contribution in [3.05, 3.63) is 64.7 Å². The molecule has 1 aliphatic heterocycles. The Bertz CT molecular complexity index is 886. The quantitative estimate of drug-likeness (QED) is 0.605. The first kappa shape index (κ1) is 16.2. The highest BCUT2D eigenvalue weighted by atomic mass is 32.1. The number of nitrogens with one attached hydrogen (secondary N) is 1. The molecule has 1 aliphatic rings. The molecule has 2 aromatic carbocycles. The minimum Gasteiger partial charge on any atom is -0.478 e. The lowest BCUT2D eigenvalue weighted by Crippen LogP contribution is -2.31. The number of fused-ring (bicyclic) bond motifs is 1. The first-order chi connectivity index (χ1) is 11.3. The van der Waals surface area contributed by atoms with Gasteiger partial charge in [0.2, 0.25) is 0 Å². The maximum absolute atomic E-state index is 10.9. The van der Waals surface area contributed by atoms with E-state index in [1.54, 1.807) is 24.3 Å². The van der Waals surface area contributed by atoms with Gasteiger partial charge in [-0.1, -0.05) is 37.9 Å². The van der Waals surface area contributed by atoms with E-state index in [2.05, 4.69) is 37.1 Å². The van der Waals surface area contributed by atoms with Crippen LogP contribution in [0.3, 0.4) is 0 Å². The molecule has 0 unspecified atom stereocenters. The van der Waals surface area contributed by atoms with Crippen LogP contribution in [0.2, 0.25) is 0 Å². The first-order valence-electron chi connectivity index (χ1n) is 7.65. The molecule has 0 radical (unpaired) electrons. The van der Waals surface area contributed by atoms with Crippen LogP contribution in [0.1, 0.15) is 47.3 Å². The van der Waals surface area contributed by atoms with Crippen LogP contribution in [0.5, 0.6) is 0 Å². The number of carbonyl (C=O) groups is 1. The van der Waals surface area contributed by atoms with Crippen LogP contribution >= 0.6 is 12.2 Å². The molecule has 2 aromatic rings. The molecule has 1 heterocycles. The Morgan fingerprint density at radius 3 is 2.42 bits per heavy atom. The van der Waals surface area contributed by atoms with Crippen LogP contribution < -0.4 is 5.32 Å². The van der Waals surface area contributed by atoms with Crippen molar-refractivity contribution in [2.24, 2.45) is 0 Å². The molecule has 0 spiro atoms. The van der Waals surface area contributed by atoms with E-state index in [1.807, 2.05) is 12.1 Å². The fraction of sp³-hybridized carbons (Fsp3) is 0.200. The summed E-state index contributed by atoms with van der Waals surface area (Å²) in [7, 11) is 0. The van der Waals surface area contributed by atoms with Gasteiger partial charge in [0, 0.05) is 23.2 Å². The van der Waals surface area contributed by atoms with Crippen molar-refractivity contribution in [3.8, 4) is 11.8 Å². The van der Waals surface area contributed by atoms with Crippen molar-refractivity contribution >= 4 is 28.9 Å². The molecule has 2 N–H and O–H groups in total. The summed E-state index contributed by atoms with van der Waals surface area (Å²) in [6.45, 7) is 4.36. The van der Waals surface area contributed by atoms with Crippen molar-refractivity contribution < 1.29 is 9.90 Å². The van der Waals surface area contributed by atoms with Crippen LogP contribution in [-0.4, -0.2) is 16.1 Å². The summed E-state index contributed by atoms with van der Waals surface area (Å²) >= 11 is 5.33. The van der Waals surface area contributed by atoms with Gasteiger partial charge in [0.25, 0.3) is 0 Å². The lowest BCUT2D eigenvalue weighted by Gasteiger charge is -2.33. The number of aromatic carboxylic acids is 1. The van der Waals surface area contributed by atoms with Crippen molar-refractivity contribution in [1.82, 2.24) is 0 Å². The summed E-state index contributed by atoms with van der Waals surface area (Å²) in [5.41, 5.74) is 4.23. The topological polar surface area (TPSA) is 49.3 Å². The van der Waals surface area contributed by atoms with Gasteiger partial charge >= 0.3 is 5.97 Å². The Kier molecular flexibility index (Phi) is 4.13. The van der Waals surface area contributed by atoms with E-state index >= 15 is 0 Å².